The fourth-order valence-corrected chi connectivity index (χ4v) is 3.91. The number of carbonyl (C=O) groups is 1. The van der Waals surface area contributed by atoms with Gasteiger partial charge in [-0.2, -0.15) is 0 Å². The highest BCUT2D eigenvalue weighted by atomic mass is 16.5. The minimum atomic E-state index is -0.0399. The van der Waals surface area contributed by atoms with Gasteiger partial charge in [-0.1, -0.05) is 26.0 Å². The summed E-state index contributed by atoms with van der Waals surface area (Å²) in [6.07, 6.45) is 1.86. The molecule has 0 saturated carbocycles. The molecule has 1 amide bonds. The molecule has 2 heterocycles. The summed E-state index contributed by atoms with van der Waals surface area (Å²) in [5.41, 5.74) is 4.78. The van der Waals surface area contributed by atoms with Crippen LogP contribution in [0.1, 0.15) is 29.8 Å². The van der Waals surface area contributed by atoms with E-state index in [1.54, 1.807) is 0 Å². The van der Waals surface area contributed by atoms with Gasteiger partial charge in [-0.05, 0) is 53.8 Å². The van der Waals surface area contributed by atoms with Crippen LogP contribution < -0.4 is 10.6 Å². The summed E-state index contributed by atoms with van der Waals surface area (Å²) < 4.78 is 5.39. The SMILES string of the molecule is Cc1ccc(C(=O)NCC(C)C)cc1-c1ccc2nc(NCCN3CCOCC3)ncc2c1. The molecule has 7 heteroatoms. The zero-order chi connectivity index (χ0) is 23.2. The quantitative estimate of drug-likeness (QED) is 0.548. The fourth-order valence-electron chi connectivity index (χ4n) is 3.91. The van der Waals surface area contributed by atoms with E-state index < -0.39 is 0 Å². The lowest BCUT2D eigenvalue weighted by molar-refractivity contribution is 0.0398. The minimum absolute atomic E-state index is 0.0399. The zero-order valence-corrected chi connectivity index (χ0v) is 19.7. The van der Waals surface area contributed by atoms with Gasteiger partial charge in [-0.25, -0.2) is 9.97 Å². The van der Waals surface area contributed by atoms with E-state index >= 15 is 0 Å². The Kier molecular flexibility index (Phi) is 7.52. The van der Waals surface area contributed by atoms with E-state index in [2.05, 4.69) is 58.4 Å². The second kappa shape index (κ2) is 10.7. The van der Waals surface area contributed by atoms with Crippen LogP contribution in [0, 0.1) is 12.8 Å². The Bertz CT molecular complexity index is 1110. The van der Waals surface area contributed by atoms with Crippen molar-refractivity contribution in [2.45, 2.75) is 20.8 Å². The van der Waals surface area contributed by atoms with Crippen molar-refractivity contribution in [1.82, 2.24) is 20.2 Å². The predicted molar refractivity (Wildman–Crippen MR) is 133 cm³/mol. The standard InChI is InChI=1S/C26H33N5O2/c1-18(2)16-28-25(32)21-5-4-19(3)23(15-21)20-6-7-24-22(14-20)17-29-26(30-24)27-8-9-31-10-12-33-13-11-31/h4-7,14-15,17-18H,8-13,16H2,1-3H3,(H,28,32)(H,27,29,30). The summed E-state index contributed by atoms with van der Waals surface area (Å²) in [6, 6.07) is 12.0. The summed E-state index contributed by atoms with van der Waals surface area (Å²) in [5.74, 6) is 1.02. The van der Waals surface area contributed by atoms with Crippen LogP contribution in [0.25, 0.3) is 22.0 Å². The first kappa shape index (κ1) is 23.1. The van der Waals surface area contributed by atoms with Crippen molar-refractivity contribution in [2.24, 2.45) is 5.92 Å². The third-order valence-electron chi connectivity index (χ3n) is 5.88. The molecule has 0 atom stereocenters. The number of rotatable bonds is 8. The smallest absolute Gasteiger partial charge is 0.251 e. The number of nitrogens with one attached hydrogen (secondary N) is 2. The summed E-state index contributed by atoms with van der Waals surface area (Å²) >= 11 is 0. The van der Waals surface area contributed by atoms with Crippen LogP contribution in [0.5, 0.6) is 0 Å². The van der Waals surface area contributed by atoms with Gasteiger partial charge in [0.1, 0.15) is 0 Å². The number of amides is 1. The van der Waals surface area contributed by atoms with Crippen LogP contribution in [0.4, 0.5) is 5.95 Å². The van der Waals surface area contributed by atoms with Crippen LogP contribution >= 0.6 is 0 Å². The molecule has 1 aliphatic heterocycles. The van der Waals surface area contributed by atoms with Gasteiger partial charge in [-0.15, -0.1) is 0 Å². The molecule has 1 aliphatic rings. The molecule has 174 valence electrons. The van der Waals surface area contributed by atoms with Gasteiger partial charge < -0.3 is 15.4 Å². The van der Waals surface area contributed by atoms with Gasteiger partial charge in [0.25, 0.3) is 5.91 Å². The molecular weight excluding hydrogens is 414 g/mol. The Labute approximate surface area is 195 Å². The molecule has 4 rings (SSSR count). The Morgan fingerprint density at radius 1 is 1.15 bits per heavy atom. The van der Waals surface area contributed by atoms with Crippen molar-refractivity contribution in [3.63, 3.8) is 0 Å². The molecule has 0 aliphatic carbocycles. The average molecular weight is 448 g/mol. The monoisotopic (exact) mass is 447 g/mol. The van der Waals surface area contributed by atoms with Crippen molar-refractivity contribution in [1.29, 1.82) is 0 Å². The van der Waals surface area contributed by atoms with E-state index in [4.69, 9.17) is 4.74 Å². The molecule has 0 bridgehead atoms. The van der Waals surface area contributed by atoms with Crippen molar-refractivity contribution in [2.75, 3.05) is 51.3 Å². The maximum atomic E-state index is 12.5. The Hall–Kier alpha value is -3.03. The van der Waals surface area contributed by atoms with Crippen LogP contribution in [0.15, 0.2) is 42.6 Å². The third-order valence-corrected chi connectivity index (χ3v) is 5.88. The Morgan fingerprint density at radius 3 is 2.76 bits per heavy atom. The Balaban J connectivity index is 1.47. The molecule has 1 fully saturated rings. The van der Waals surface area contributed by atoms with Gasteiger partial charge in [0.05, 0.1) is 18.7 Å². The second-order valence-corrected chi connectivity index (χ2v) is 8.98. The van der Waals surface area contributed by atoms with Crippen molar-refractivity contribution in [3.8, 4) is 11.1 Å². The van der Waals surface area contributed by atoms with Crippen LogP contribution in [-0.2, 0) is 4.74 Å². The molecule has 33 heavy (non-hydrogen) atoms. The van der Waals surface area contributed by atoms with Crippen LogP contribution in [-0.4, -0.2) is 66.7 Å². The molecule has 0 radical (unpaired) electrons. The molecule has 2 N–H and O–H groups in total. The van der Waals surface area contributed by atoms with Crippen LogP contribution in [0.2, 0.25) is 0 Å². The second-order valence-electron chi connectivity index (χ2n) is 8.98. The molecule has 3 aromatic rings. The number of nitrogens with zero attached hydrogens (tertiary/aromatic N) is 3. The van der Waals surface area contributed by atoms with E-state index in [0.29, 0.717) is 24.0 Å². The minimum Gasteiger partial charge on any atom is -0.379 e. The van der Waals surface area contributed by atoms with Crippen LogP contribution in [0.3, 0.4) is 0 Å². The van der Waals surface area contributed by atoms with Gasteiger partial charge >= 0.3 is 0 Å². The number of benzene rings is 2. The summed E-state index contributed by atoms with van der Waals surface area (Å²) in [5, 5.41) is 7.30. The number of carbonyl (C=O) groups excluding carboxylic acids is 1. The number of fused-ring (bicyclic) bond motifs is 1. The van der Waals surface area contributed by atoms with Gasteiger partial charge in [0.2, 0.25) is 5.95 Å². The normalized spacial score (nSPS) is 14.5. The number of hydrogen-bond acceptors (Lipinski definition) is 6. The maximum absolute atomic E-state index is 12.5. The first-order chi connectivity index (χ1) is 16.0. The topological polar surface area (TPSA) is 79.4 Å². The van der Waals surface area contributed by atoms with E-state index in [9.17, 15) is 4.79 Å². The lowest BCUT2D eigenvalue weighted by Gasteiger charge is -2.26. The average Bonchev–Trinajstić information content (AvgIpc) is 2.83. The van der Waals surface area contributed by atoms with E-state index in [1.807, 2.05) is 30.5 Å². The molecule has 1 saturated heterocycles. The lowest BCUT2D eigenvalue weighted by atomic mass is 9.97. The fraction of sp³-hybridized carbons (Fsp3) is 0.423. The molecular formula is C26H33N5O2. The van der Waals surface area contributed by atoms with Gasteiger partial charge in [-0.3, -0.25) is 9.69 Å². The predicted octanol–water partition coefficient (Wildman–Crippen LogP) is 3.74. The number of hydrogen-bond donors (Lipinski definition) is 2. The largest absolute Gasteiger partial charge is 0.379 e. The molecule has 0 unspecified atom stereocenters. The Morgan fingerprint density at radius 2 is 1.97 bits per heavy atom. The highest BCUT2D eigenvalue weighted by molar-refractivity contribution is 5.96. The highest BCUT2D eigenvalue weighted by Gasteiger charge is 2.12. The van der Waals surface area contributed by atoms with E-state index in [0.717, 1.165) is 67.0 Å². The molecule has 7 nitrogen and oxygen atoms in total. The number of ether oxygens (including phenoxy) is 1. The highest BCUT2D eigenvalue weighted by Crippen LogP contribution is 2.27. The summed E-state index contributed by atoms with van der Waals surface area (Å²) in [4.78, 5) is 24.1. The van der Waals surface area contributed by atoms with Crippen molar-refractivity contribution >= 4 is 22.8 Å². The number of anilines is 1. The number of aryl methyl sites for hydroxylation is 1. The number of aromatic nitrogens is 2. The van der Waals surface area contributed by atoms with E-state index in [1.165, 1.54) is 0 Å². The summed E-state index contributed by atoms with van der Waals surface area (Å²) in [6.45, 7) is 12.2. The molecule has 1 aromatic heterocycles. The first-order valence-corrected chi connectivity index (χ1v) is 11.7. The maximum Gasteiger partial charge on any atom is 0.251 e. The molecule has 2 aromatic carbocycles. The third kappa shape index (κ3) is 6.06. The van der Waals surface area contributed by atoms with Crippen molar-refractivity contribution in [3.05, 3.63) is 53.7 Å². The van der Waals surface area contributed by atoms with E-state index in [-0.39, 0.29) is 5.91 Å². The zero-order valence-electron chi connectivity index (χ0n) is 19.7. The first-order valence-electron chi connectivity index (χ1n) is 11.7. The van der Waals surface area contributed by atoms with Gasteiger partial charge in [0, 0.05) is 49.9 Å². The number of morpholine rings is 1. The van der Waals surface area contributed by atoms with Crippen molar-refractivity contribution < 1.29 is 9.53 Å². The lowest BCUT2D eigenvalue weighted by Crippen LogP contribution is -2.39. The summed E-state index contributed by atoms with van der Waals surface area (Å²) in [7, 11) is 0. The molecule has 0 spiro atoms. The van der Waals surface area contributed by atoms with Gasteiger partial charge in [0.15, 0.2) is 0 Å².